The summed E-state index contributed by atoms with van der Waals surface area (Å²) in [5.41, 5.74) is 16.1. The molecule has 2 aromatic heterocycles. The minimum absolute atomic E-state index is 0.333. The molecule has 1 aliphatic carbocycles. The largest absolute Gasteiger partial charge is 0.399 e. The maximum absolute atomic E-state index is 6.40. The molecule has 5 rings (SSSR count). The van der Waals surface area contributed by atoms with E-state index in [9.17, 15) is 0 Å². The first kappa shape index (κ1) is 17.7. The highest BCUT2D eigenvalue weighted by Gasteiger charge is 2.43. The van der Waals surface area contributed by atoms with E-state index in [1.165, 1.54) is 12.8 Å². The number of anilines is 2. The lowest BCUT2D eigenvalue weighted by atomic mass is 9.74. The van der Waals surface area contributed by atoms with Crippen LogP contribution in [0, 0.1) is 5.41 Å². The Balaban J connectivity index is 1.42. The molecule has 1 spiro atoms. The number of aromatic nitrogens is 4. The lowest BCUT2D eigenvalue weighted by Crippen LogP contribution is -2.47. The Morgan fingerprint density at radius 2 is 2.04 bits per heavy atom. The highest BCUT2D eigenvalue weighted by atomic mass is 35.5. The smallest absolute Gasteiger partial charge is 0.177 e. The lowest BCUT2D eigenvalue weighted by molar-refractivity contribution is 0.197. The number of halogens is 1. The topological polar surface area (TPSA) is 110 Å². The van der Waals surface area contributed by atoms with Gasteiger partial charge in [0.2, 0.25) is 0 Å². The Labute approximate surface area is 168 Å². The van der Waals surface area contributed by atoms with Crippen molar-refractivity contribution < 1.29 is 0 Å². The Bertz CT molecular complexity index is 1020. The number of hydrogen-bond donors (Lipinski definition) is 3. The van der Waals surface area contributed by atoms with Gasteiger partial charge in [0.1, 0.15) is 17.0 Å². The highest BCUT2D eigenvalue weighted by molar-refractivity contribution is 6.33. The van der Waals surface area contributed by atoms with Crippen molar-refractivity contribution in [2.75, 3.05) is 23.7 Å². The summed E-state index contributed by atoms with van der Waals surface area (Å²) in [7, 11) is 0. The fourth-order valence-electron chi connectivity index (χ4n) is 4.82. The molecule has 0 bridgehead atoms. The molecule has 5 N–H and O–H groups in total. The van der Waals surface area contributed by atoms with Gasteiger partial charge in [-0.2, -0.15) is 5.10 Å². The van der Waals surface area contributed by atoms with Crippen molar-refractivity contribution >= 4 is 34.3 Å². The zero-order valence-corrected chi connectivity index (χ0v) is 16.4. The van der Waals surface area contributed by atoms with E-state index < -0.39 is 0 Å². The van der Waals surface area contributed by atoms with Gasteiger partial charge in [0.25, 0.3) is 0 Å². The molecule has 1 saturated heterocycles. The van der Waals surface area contributed by atoms with Crippen LogP contribution < -0.4 is 16.4 Å². The summed E-state index contributed by atoms with van der Waals surface area (Å²) in [4.78, 5) is 11.7. The van der Waals surface area contributed by atoms with Gasteiger partial charge in [-0.15, -0.1) is 0 Å². The molecule has 8 heteroatoms. The molecule has 2 fully saturated rings. The zero-order valence-electron chi connectivity index (χ0n) is 15.7. The van der Waals surface area contributed by atoms with Crippen molar-refractivity contribution in [2.45, 2.75) is 38.1 Å². The normalized spacial score (nSPS) is 21.6. The molecule has 3 aromatic rings. The van der Waals surface area contributed by atoms with Gasteiger partial charge in [0.15, 0.2) is 5.65 Å². The van der Waals surface area contributed by atoms with Crippen molar-refractivity contribution in [3.8, 4) is 11.3 Å². The molecule has 1 saturated carbocycles. The number of nitrogen functional groups attached to an aromatic ring is 1. The van der Waals surface area contributed by atoms with Crippen LogP contribution in [0.4, 0.5) is 11.5 Å². The van der Waals surface area contributed by atoms with Crippen molar-refractivity contribution in [2.24, 2.45) is 11.1 Å². The third-order valence-electron chi connectivity index (χ3n) is 6.56. The monoisotopic (exact) mass is 397 g/mol. The van der Waals surface area contributed by atoms with E-state index in [0.717, 1.165) is 43.7 Å². The summed E-state index contributed by atoms with van der Waals surface area (Å²) in [5.74, 6) is 0.878. The minimum Gasteiger partial charge on any atom is -0.399 e. The Hall–Kier alpha value is -2.38. The number of nitrogens with two attached hydrogens (primary N) is 2. The van der Waals surface area contributed by atoms with Crippen molar-refractivity contribution in [1.29, 1.82) is 0 Å². The summed E-state index contributed by atoms with van der Waals surface area (Å²) < 4.78 is 0. The van der Waals surface area contributed by atoms with Crippen LogP contribution in [0.1, 0.15) is 32.1 Å². The summed E-state index contributed by atoms with van der Waals surface area (Å²) in [6.45, 7) is 1.94. The molecule has 3 heterocycles. The third kappa shape index (κ3) is 2.81. The molecule has 0 unspecified atom stereocenters. The molecule has 146 valence electrons. The first-order valence-electron chi connectivity index (χ1n) is 9.83. The van der Waals surface area contributed by atoms with Gasteiger partial charge < -0.3 is 16.4 Å². The molecule has 2 aliphatic rings. The summed E-state index contributed by atoms with van der Waals surface area (Å²) in [5, 5.41) is 7.98. The van der Waals surface area contributed by atoms with Crippen LogP contribution in [0.15, 0.2) is 24.4 Å². The molecule has 1 atom stereocenters. The lowest BCUT2D eigenvalue weighted by Gasteiger charge is -2.42. The van der Waals surface area contributed by atoms with E-state index >= 15 is 0 Å². The maximum atomic E-state index is 6.40. The number of piperidine rings is 1. The SMILES string of the molecule is Nc1ccc(Cl)c(-c2n[nH]c3nc(N4CCC5(CCC[C@H]5N)CC4)cnc23)c1. The standard InChI is InChI=1S/C20H24ClN7/c21-14-4-3-12(22)10-13(14)17-18-19(27-26-17)25-16(11-24-18)28-8-6-20(7-9-28)5-1-2-15(20)23/h3-4,10-11,15H,1-2,5-9,22-23H2,(H,25,26,27)/t15-/m1/s1. The molecule has 0 amide bonds. The fraction of sp³-hybridized carbons (Fsp3) is 0.450. The zero-order chi connectivity index (χ0) is 19.3. The third-order valence-corrected chi connectivity index (χ3v) is 6.89. The number of H-pyrrole nitrogens is 1. The van der Waals surface area contributed by atoms with Gasteiger partial charge in [0.05, 0.1) is 11.2 Å². The Kier molecular flexibility index (Phi) is 4.17. The second-order valence-electron chi connectivity index (χ2n) is 8.09. The average Bonchev–Trinajstić information content (AvgIpc) is 3.28. The fourth-order valence-corrected chi connectivity index (χ4v) is 5.03. The summed E-state index contributed by atoms with van der Waals surface area (Å²) in [6, 6.07) is 5.69. The van der Waals surface area contributed by atoms with Gasteiger partial charge in [-0.25, -0.2) is 9.97 Å². The quantitative estimate of drug-likeness (QED) is 0.572. The van der Waals surface area contributed by atoms with Crippen LogP contribution in [0.25, 0.3) is 22.4 Å². The van der Waals surface area contributed by atoms with Crippen LogP contribution >= 0.6 is 11.6 Å². The van der Waals surface area contributed by atoms with E-state index in [0.29, 0.717) is 39.0 Å². The van der Waals surface area contributed by atoms with Crippen LogP contribution in [0.3, 0.4) is 0 Å². The number of fused-ring (bicyclic) bond motifs is 1. The molecule has 7 nitrogen and oxygen atoms in total. The molecular weight excluding hydrogens is 374 g/mol. The second kappa shape index (κ2) is 6.60. The predicted molar refractivity (Wildman–Crippen MR) is 112 cm³/mol. The van der Waals surface area contributed by atoms with Crippen molar-refractivity contribution in [3.05, 3.63) is 29.4 Å². The van der Waals surface area contributed by atoms with Crippen molar-refractivity contribution in [1.82, 2.24) is 20.2 Å². The van der Waals surface area contributed by atoms with E-state index in [2.05, 4.69) is 20.1 Å². The number of benzene rings is 1. The molecular formula is C20H24ClN7. The maximum Gasteiger partial charge on any atom is 0.177 e. The molecule has 1 aliphatic heterocycles. The average molecular weight is 398 g/mol. The summed E-state index contributed by atoms with van der Waals surface area (Å²) >= 11 is 6.34. The molecule has 1 aromatic carbocycles. The number of nitrogens with one attached hydrogen (secondary N) is 1. The number of nitrogens with zero attached hydrogens (tertiary/aromatic N) is 4. The summed E-state index contributed by atoms with van der Waals surface area (Å²) in [6.07, 6.45) is 7.76. The van der Waals surface area contributed by atoms with Gasteiger partial charge in [0, 0.05) is 30.4 Å². The minimum atomic E-state index is 0.333. The second-order valence-corrected chi connectivity index (χ2v) is 8.49. The van der Waals surface area contributed by atoms with E-state index in [1.807, 2.05) is 12.3 Å². The number of hydrogen-bond acceptors (Lipinski definition) is 6. The van der Waals surface area contributed by atoms with Crippen molar-refractivity contribution in [3.63, 3.8) is 0 Å². The van der Waals surface area contributed by atoms with Gasteiger partial charge in [-0.3, -0.25) is 5.10 Å². The van der Waals surface area contributed by atoms with Crippen LogP contribution in [0.2, 0.25) is 5.02 Å². The van der Waals surface area contributed by atoms with Gasteiger partial charge in [-0.05, 0) is 49.3 Å². The van der Waals surface area contributed by atoms with E-state index in [-0.39, 0.29) is 0 Å². The number of rotatable bonds is 2. The van der Waals surface area contributed by atoms with Gasteiger partial charge >= 0.3 is 0 Å². The van der Waals surface area contributed by atoms with E-state index in [4.69, 9.17) is 28.1 Å². The van der Waals surface area contributed by atoms with Crippen LogP contribution in [0.5, 0.6) is 0 Å². The molecule has 28 heavy (non-hydrogen) atoms. The first-order valence-corrected chi connectivity index (χ1v) is 10.2. The highest BCUT2D eigenvalue weighted by Crippen LogP contribution is 2.46. The first-order chi connectivity index (χ1) is 13.6. The van der Waals surface area contributed by atoms with Crippen LogP contribution in [-0.2, 0) is 0 Å². The van der Waals surface area contributed by atoms with Gasteiger partial charge in [-0.1, -0.05) is 18.0 Å². The Morgan fingerprint density at radius 1 is 1.21 bits per heavy atom. The number of aromatic amines is 1. The molecule has 0 radical (unpaired) electrons. The van der Waals surface area contributed by atoms with Crippen LogP contribution in [-0.4, -0.2) is 39.3 Å². The Morgan fingerprint density at radius 3 is 2.79 bits per heavy atom. The van der Waals surface area contributed by atoms with E-state index in [1.54, 1.807) is 12.1 Å². The predicted octanol–water partition coefficient (Wildman–Crippen LogP) is 3.35.